The smallest absolute Gasteiger partial charge is 0.258 e. The van der Waals surface area contributed by atoms with E-state index < -0.39 is 0 Å². The Morgan fingerprint density at radius 2 is 1.92 bits per heavy atom. The molecule has 0 radical (unpaired) electrons. The van der Waals surface area contributed by atoms with Crippen LogP contribution in [0, 0.1) is 0 Å². The quantitative estimate of drug-likeness (QED) is 0.853. The fourth-order valence-corrected chi connectivity index (χ4v) is 3.99. The third-order valence-electron chi connectivity index (χ3n) is 4.46. The Morgan fingerprint density at radius 1 is 1.24 bits per heavy atom. The number of carbonyl (C=O) groups is 1. The predicted molar refractivity (Wildman–Crippen MR) is 102 cm³/mol. The molecule has 1 heterocycles. The van der Waals surface area contributed by atoms with Gasteiger partial charge < -0.3 is 10.1 Å². The number of carbonyl (C=O) groups excluding carboxylic acids is 1. The molecule has 1 aromatic carbocycles. The summed E-state index contributed by atoms with van der Waals surface area (Å²) in [5.74, 6) is 0.670. The highest BCUT2D eigenvalue weighted by Gasteiger charge is 2.18. The van der Waals surface area contributed by atoms with Crippen molar-refractivity contribution in [2.45, 2.75) is 57.9 Å². The third kappa shape index (κ3) is 4.82. The molecule has 0 spiro atoms. The molecule has 1 N–H and O–H groups in total. The predicted octanol–water partition coefficient (Wildman–Crippen LogP) is 4.55. The monoisotopic (exact) mass is 358 g/mol. The lowest BCUT2D eigenvalue weighted by Gasteiger charge is -2.14. The van der Waals surface area contributed by atoms with Crippen LogP contribution in [0.25, 0.3) is 10.6 Å². The van der Waals surface area contributed by atoms with E-state index in [1.165, 1.54) is 12.8 Å². The number of amides is 1. The molecule has 0 saturated heterocycles. The van der Waals surface area contributed by atoms with E-state index in [-0.39, 0.29) is 17.9 Å². The number of thiazole rings is 1. The van der Waals surface area contributed by atoms with Crippen molar-refractivity contribution in [1.82, 2.24) is 10.3 Å². The largest absolute Gasteiger partial charge is 0.484 e. The number of ether oxygens (including phenoxy) is 1. The molecule has 134 valence electrons. The SMILES string of the molecule is CC(C)(C)c1csc(-c2ccc(OCC(=O)NC3CCCC3)cc2)n1. The Bertz CT molecular complexity index is 710. The summed E-state index contributed by atoms with van der Waals surface area (Å²) >= 11 is 1.66. The molecule has 2 aromatic rings. The summed E-state index contributed by atoms with van der Waals surface area (Å²) in [6, 6.07) is 8.12. The number of aromatic nitrogens is 1. The van der Waals surface area contributed by atoms with E-state index in [9.17, 15) is 4.79 Å². The summed E-state index contributed by atoms with van der Waals surface area (Å²) in [5.41, 5.74) is 2.24. The Labute approximate surface area is 153 Å². The molecule has 1 aliphatic carbocycles. The molecular formula is C20H26N2O2S. The van der Waals surface area contributed by atoms with Gasteiger partial charge >= 0.3 is 0 Å². The molecule has 3 rings (SSSR count). The van der Waals surface area contributed by atoms with Gasteiger partial charge in [0.1, 0.15) is 10.8 Å². The molecule has 1 saturated carbocycles. The molecular weight excluding hydrogens is 332 g/mol. The van der Waals surface area contributed by atoms with Crippen LogP contribution < -0.4 is 10.1 Å². The van der Waals surface area contributed by atoms with Gasteiger partial charge in [-0.25, -0.2) is 4.98 Å². The summed E-state index contributed by atoms with van der Waals surface area (Å²) < 4.78 is 5.60. The van der Waals surface area contributed by atoms with E-state index in [2.05, 4.69) is 31.5 Å². The fourth-order valence-electron chi connectivity index (χ4n) is 2.93. The minimum atomic E-state index is -0.0364. The number of nitrogens with zero attached hydrogens (tertiary/aromatic N) is 1. The molecule has 1 fully saturated rings. The molecule has 1 aliphatic rings. The van der Waals surface area contributed by atoms with E-state index in [1.807, 2.05) is 24.3 Å². The number of nitrogens with one attached hydrogen (secondary N) is 1. The van der Waals surface area contributed by atoms with Gasteiger partial charge in [0.25, 0.3) is 5.91 Å². The normalized spacial score (nSPS) is 15.3. The van der Waals surface area contributed by atoms with E-state index >= 15 is 0 Å². The van der Waals surface area contributed by atoms with Crippen molar-refractivity contribution in [2.24, 2.45) is 0 Å². The summed E-state index contributed by atoms with van der Waals surface area (Å²) in [6.45, 7) is 6.57. The number of hydrogen-bond acceptors (Lipinski definition) is 4. The first-order chi connectivity index (χ1) is 11.9. The first-order valence-corrected chi connectivity index (χ1v) is 9.78. The van der Waals surface area contributed by atoms with Crippen molar-refractivity contribution in [3.63, 3.8) is 0 Å². The van der Waals surface area contributed by atoms with Crippen molar-refractivity contribution >= 4 is 17.2 Å². The Hall–Kier alpha value is -1.88. The zero-order valence-corrected chi connectivity index (χ0v) is 16.0. The Balaban J connectivity index is 1.55. The standard InChI is InChI=1S/C20H26N2O2S/c1-20(2,3)17-13-25-19(22-17)14-8-10-16(11-9-14)24-12-18(23)21-15-6-4-5-7-15/h8-11,13,15H,4-7,12H2,1-3H3,(H,21,23). The van der Waals surface area contributed by atoms with E-state index in [1.54, 1.807) is 11.3 Å². The minimum Gasteiger partial charge on any atom is -0.484 e. The molecule has 0 aliphatic heterocycles. The minimum absolute atomic E-state index is 0.0364. The van der Waals surface area contributed by atoms with Crippen molar-refractivity contribution < 1.29 is 9.53 Å². The van der Waals surface area contributed by atoms with E-state index in [0.717, 1.165) is 29.1 Å². The average Bonchev–Trinajstić information content (AvgIpc) is 3.24. The molecule has 0 bridgehead atoms. The van der Waals surface area contributed by atoms with Gasteiger partial charge in [-0.3, -0.25) is 4.79 Å². The molecule has 25 heavy (non-hydrogen) atoms. The lowest BCUT2D eigenvalue weighted by Crippen LogP contribution is -2.36. The van der Waals surface area contributed by atoms with Crippen molar-refractivity contribution in [3.05, 3.63) is 35.3 Å². The van der Waals surface area contributed by atoms with Gasteiger partial charge in [0.05, 0.1) is 5.69 Å². The Morgan fingerprint density at radius 3 is 2.52 bits per heavy atom. The second-order valence-electron chi connectivity index (χ2n) is 7.65. The summed E-state index contributed by atoms with van der Waals surface area (Å²) in [5, 5.41) is 6.16. The van der Waals surface area contributed by atoms with Gasteiger partial charge in [-0.15, -0.1) is 11.3 Å². The first-order valence-electron chi connectivity index (χ1n) is 8.90. The third-order valence-corrected chi connectivity index (χ3v) is 5.36. The second kappa shape index (κ2) is 7.56. The molecule has 1 aromatic heterocycles. The van der Waals surface area contributed by atoms with Crippen molar-refractivity contribution in [2.75, 3.05) is 6.61 Å². The van der Waals surface area contributed by atoms with Gasteiger partial charge in [-0.05, 0) is 37.1 Å². The van der Waals surface area contributed by atoms with Gasteiger partial charge in [-0.1, -0.05) is 33.6 Å². The van der Waals surface area contributed by atoms with E-state index in [0.29, 0.717) is 11.8 Å². The maximum absolute atomic E-state index is 11.9. The summed E-state index contributed by atoms with van der Waals surface area (Å²) in [6.07, 6.45) is 4.59. The Kier molecular flexibility index (Phi) is 5.42. The van der Waals surface area contributed by atoms with Gasteiger partial charge in [0.2, 0.25) is 0 Å². The summed E-state index contributed by atoms with van der Waals surface area (Å²) in [7, 11) is 0. The first kappa shape index (κ1) is 17.9. The van der Waals surface area contributed by atoms with Crippen LogP contribution in [0.2, 0.25) is 0 Å². The second-order valence-corrected chi connectivity index (χ2v) is 8.51. The average molecular weight is 359 g/mol. The van der Waals surface area contributed by atoms with Crippen LogP contribution in [0.1, 0.15) is 52.1 Å². The summed E-state index contributed by atoms with van der Waals surface area (Å²) in [4.78, 5) is 16.6. The topological polar surface area (TPSA) is 51.2 Å². The van der Waals surface area contributed by atoms with E-state index in [4.69, 9.17) is 9.72 Å². The molecule has 0 unspecified atom stereocenters. The zero-order chi connectivity index (χ0) is 17.9. The number of hydrogen-bond donors (Lipinski definition) is 1. The highest BCUT2D eigenvalue weighted by atomic mass is 32.1. The van der Waals surface area contributed by atoms with Crippen LogP contribution in [-0.4, -0.2) is 23.5 Å². The van der Waals surface area contributed by atoms with Gasteiger partial charge in [0.15, 0.2) is 6.61 Å². The lowest BCUT2D eigenvalue weighted by molar-refractivity contribution is -0.123. The number of benzene rings is 1. The zero-order valence-electron chi connectivity index (χ0n) is 15.2. The molecule has 4 nitrogen and oxygen atoms in total. The van der Waals surface area contributed by atoms with Crippen LogP contribution in [0.3, 0.4) is 0 Å². The lowest BCUT2D eigenvalue weighted by atomic mass is 9.93. The van der Waals surface area contributed by atoms with Crippen molar-refractivity contribution in [1.29, 1.82) is 0 Å². The van der Waals surface area contributed by atoms with Crippen LogP contribution in [-0.2, 0) is 10.2 Å². The fraction of sp³-hybridized carbons (Fsp3) is 0.500. The number of rotatable bonds is 5. The van der Waals surface area contributed by atoms with Crippen molar-refractivity contribution in [3.8, 4) is 16.3 Å². The highest BCUT2D eigenvalue weighted by molar-refractivity contribution is 7.13. The van der Waals surface area contributed by atoms with Crippen LogP contribution in [0.15, 0.2) is 29.6 Å². The van der Waals surface area contributed by atoms with Gasteiger partial charge in [-0.2, -0.15) is 0 Å². The van der Waals surface area contributed by atoms with Crippen LogP contribution >= 0.6 is 11.3 Å². The van der Waals surface area contributed by atoms with Crippen LogP contribution in [0.4, 0.5) is 0 Å². The maximum atomic E-state index is 11.9. The van der Waals surface area contributed by atoms with Crippen LogP contribution in [0.5, 0.6) is 5.75 Å². The molecule has 5 heteroatoms. The van der Waals surface area contributed by atoms with Gasteiger partial charge in [0, 0.05) is 22.4 Å². The maximum Gasteiger partial charge on any atom is 0.258 e. The highest BCUT2D eigenvalue weighted by Crippen LogP contribution is 2.30. The molecule has 0 atom stereocenters. The molecule has 1 amide bonds.